The molecule has 2 fully saturated rings. The highest BCUT2D eigenvalue weighted by Gasteiger charge is 2.59. The molecule has 0 spiro atoms. The molecular formula is C17H21NO7S. The number of thioether (sulfide) groups is 1. The molecule has 1 aromatic rings. The topological polar surface area (TPSA) is 114 Å². The van der Waals surface area contributed by atoms with Crippen molar-refractivity contribution in [1.82, 2.24) is 5.32 Å². The Labute approximate surface area is 154 Å². The van der Waals surface area contributed by atoms with Crippen molar-refractivity contribution >= 4 is 23.8 Å². The van der Waals surface area contributed by atoms with Crippen LogP contribution in [0.4, 0.5) is 4.79 Å². The second-order valence-corrected chi connectivity index (χ2v) is 7.63. The Morgan fingerprint density at radius 3 is 2.69 bits per heavy atom. The number of benzene rings is 1. The highest BCUT2D eigenvalue weighted by molar-refractivity contribution is 8.01. The van der Waals surface area contributed by atoms with Gasteiger partial charge in [0.15, 0.2) is 6.10 Å². The average molecular weight is 383 g/mol. The lowest BCUT2D eigenvalue weighted by atomic mass is 9.91. The van der Waals surface area contributed by atoms with Crippen LogP contribution in [0.2, 0.25) is 0 Å². The van der Waals surface area contributed by atoms with Gasteiger partial charge >= 0.3 is 12.1 Å². The highest BCUT2D eigenvalue weighted by Crippen LogP contribution is 2.46. The van der Waals surface area contributed by atoms with Crippen molar-refractivity contribution < 1.29 is 34.0 Å². The number of aliphatic hydroxyl groups excluding tert-OH is 2. The van der Waals surface area contributed by atoms with Crippen molar-refractivity contribution in [3.63, 3.8) is 0 Å². The summed E-state index contributed by atoms with van der Waals surface area (Å²) in [6, 6.07) is 8.55. The van der Waals surface area contributed by atoms with Crippen LogP contribution in [0.15, 0.2) is 35.2 Å². The van der Waals surface area contributed by atoms with E-state index < -0.39 is 47.5 Å². The molecule has 8 nitrogen and oxygen atoms in total. The van der Waals surface area contributed by atoms with Crippen LogP contribution < -0.4 is 5.32 Å². The van der Waals surface area contributed by atoms with Crippen LogP contribution in [0.3, 0.4) is 0 Å². The Bertz CT molecular complexity index is 670. The number of hydrogen-bond acceptors (Lipinski definition) is 8. The van der Waals surface area contributed by atoms with Gasteiger partial charge in [-0.25, -0.2) is 9.59 Å². The standard InChI is InChI=1S/C17H21NO7S/c1-9(19)12(20)14-13-11(18-16(22)24-13)8-17(25-14,15(21)23-2)26-10-6-4-3-5-7-10/h3-7,9,11-14,19-20H,8H2,1-2H3,(H,18,22)/t9-,11+,12-,13-,14+,17+/m1/s1. The molecule has 9 heteroatoms. The molecule has 26 heavy (non-hydrogen) atoms. The number of alkyl carbamates (subject to hydrolysis) is 1. The Morgan fingerprint density at radius 2 is 2.08 bits per heavy atom. The lowest BCUT2D eigenvalue weighted by molar-refractivity contribution is -0.203. The first-order valence-corrected chi connectivity index (χ1v) is 9.01. The minimum atomic E-state index is -1.50. The van der Waals surface area contributed by atoms with Crippen molar-refractivity contribution in [2.75, 3.05) is 7.11 Å². The van der Waals surface area contributed by atoms with Gasteiger partial charge in [-0.05, 0) is 19.1 Å². The van der Waals surface area contributed by atoms with Crippen LogP contribution in [0, 0.1) is 0 Å². The van der Waals surface area contributed by atoms with E-state index in [9.17, 15) is 19.8 Å². The number of carbonyl (C=O) groups excluding carboxylic acids is 2. The van der Waals surface area contributed by atoms with Gasteiger partial charge < -0.3 is 29.7 Å². The fourth-order valence-electron chi connectivity index (χ4n) is 3.17. The van der Waals surface area contributed by atoms with E-state index in [1.807, 2.05) is 30.3 Å². The first-order valence-electron chi connectivity index (χ1n) is 8.20. The van der Waals surface area contributed by atoms with Gasteiger partial charge in [0.1, 0.15) is 12.2 Å². The lowest BCUT2D eigenvalue weighted by Crippen LogP contribution is -2.62. The predicted molar refractivity (Wildman–Crippen MR) is 91.4 cm³/mol. The molecule has 0 saturated carbocycles. The van der Waals surface area contributed by atoms with E-state index in [-0.39, 0.29) is 6.42 Å². The van der Waals surface area contributed by atoms with Gasteiger partial charge in [-0.2, -0.15) is 0 Å². The van der Waals surface area contributed by atoms with Gasteiger partial charge in [0.2, 0.25) is 4.93 Å². The SMILES string of the molecule is COC(=O)[C@@]1(Sc2ccccc2)C[C@@H]2NC(=O)O[C@H]2[C@H]([C@H](O)[C@@H](C)O)O1. The summed E-state index contributed by atoms with van der Waals surface area (Å²) in [5.74, 6) is -0.645. The third kappa shape index (κ3) is 3.52. The monoisotopic (exact) mass is 383 g/mol. The van der Waals surface area contributed by atoms with Gasteiger partial charge in [-0.1, -0.05) is 30.0 Å². The Hall–Kier alpha value is -1.81. The van der Waals surface area contributed by atoms with E-state index in [0.717, 1.165) is 16.7 Å². The van der Waals surface area contributed by atoms with E-state index in [1.54, 1.807) is 0 Å². The van der Waals surface area contributed by atoms with Crippen molar-refractivity contribution in [2.45, 2.75) is 53.6 Å². The molecule has 3 N–H and O–H groups in total. The zero-order valence-electron chi connectivity index (χ0n) is 14.3. The molecule has 1 amide bonds. The fourth-order valence-corrected chi connectivity index (χ4v) is 4.44. The maximum Gasteiger partial charge on any atom is 0.407 e. The summed E-state index contributed by atoms with van der Waals surface area (Å²) in [5, 5.41) is 22.8. The number of carbonyl (C=O) groups is 2. The van der Waals surface area contributed by atoms with E-state index in [1.165, 1.54) is 14.0 Å². The third-order valence-electron chi connectivity index (χ3n) is 4.44. The smallest absolute Gasteiger partial charge is 0.407 e. The van der Waals surface area contributed by atoms with Crippen LogP contribution in [0.1, 0.15) is 13.3 Å². The lowest BCUT2D eigenvalue weighted by Gasteiger charge is -2.44. The number of methoxy groups -OCH3 is 1. The molecule has 2 heterocycles. The van der Waals surface area contributed by atoms with Gasteiger partial charge in [-0.15, -0.1) is 0 Å². The van der Waals surface area contributed by atoms with Crippen molar-refractivity contribution in [2.24, 2.45) is 0 Å². The molecule has 0 radical (unpaired) electrons. The number of hydrogen-bond donors (Lipinski definition) is 3. The largest absolute Gasteiger partial charge is 0.466 e. The normalized spacial score (nSPS) is 32.8. The molecule has 0 aliphatic carbocycles. The number of aliphatic hydroxyl groups is 2. The van der Waals surface area contributed by atoms with Crippen LogP contribution >= 0.6 is 11.8 Å². The molecule has 6 atom stereocenters. The van der Waals surface area contributed by atoms with Crippen LogP contribution in [0.25, 0.3) is 0 Å². The third-order valence-corrected chi connectivity index (χ3v) is 5.70. The van der Waals surface area contributed by atoms with Crippen LogP contribution in [-0.4, -0.2) is 64.8 Å². The van der Waals surface area contributed by atoms with Crippen molar-refractivity contribution in [3.05, 3.63) is 30.3 Å². The van der Waals surface area contributed by atoms with Gasteiger partial charge in [0.25, 0.3) is 0 Å². The molecule has 3 rings (SSSR count). The molecule has 2 saturated heterocycles. The molecule has 0 unspecified atom stereocenters. The maximum atomic E-state index is 12.6. The van der Waals surface area contributed by atoms with E-state index >= 15 is 0 Å². The second kappa shape index (κ2) is 7.43. The first kappa shape index (κ1) is 19.0. The van der Waals surface area contributed by atoms with Crippen LogP contribution in [0.5, 0.6) is 0 Å². The number of rotatable bonds is 5. The van der Waals surface area contributed by atoms with E-state index in [2.05, 4.69) is 5.32 Å². The van der Waals surface area contributed by atoms with Crippen molar-refractivity contribution in [3.8, 4) is 0 Å². The van der Waals surface area contributed by atoms with Gasteiger partial charge in [0.05, 0.1) is 19.3 Å². The number of ether oxygens (including phenoxy) is 3. The summed E-state index contributed by atoms with van der Waals surface area (Å²) >= 11 is 1.13. The summed E-state index contributed by atoms with van der Waals surface area (Å²) in [5.41, 5.74) is 0. The summed E-state index contributed by atoms with van der Waals surface area (Å²) in [6.07, 6.45) is -4.97. The Kier molecular flexibility index (Phi) is 5.42. The molecule has 0 aromatic heterocycles. The Morgan fingerprint density at radius 1 is 1.38 bits per heavy atom. The molecule has 0 bridgehead atoms. The minimum absolute atomic E-state index is 0.0959. The zero-order chi connectivity index (χ0) is 18.9. The number of nitrogens with one attached hydrogen (secondary N) is 1. The summed E-state index contributed by atoms with van der Waals surface area (Å²) in [4.78, 5) is 23.6. The number of esters is 1. The Balaban J connectivity index is 1.97. The zero-order valence-corrected chi connectivity index (χ0v) is 15.1. The quantitative estimate of drug-likeness (QED) is 0.635. The predicted octanol–water partition coefficient (Wildman–Crippen LogP) is 0.656. The number of fused-ring (bicyclic) bond motifs is 1. The molecular weight excluding hydrogens is 362 g/mol. The molecule has 2 aliphatic rings. The molecule has 1 aromatic carbocycles. The van der Waals surface area contributed by atoms with Crippen LogP contribution in [-0.2, 0) is 19.0 Å². The second-order valence-electron chi connectivity index (χ2n) is 6.30. The highest BCUT2D eigenvalue weighted by atomic mass is 32.2. The van der Waals surface area contributed by atoms with Gasteiger partial charge in [0, 0.05) is 11.3 Å². The van der Waals surface area contributed by atoms with Crippen molar-refractivity contribution in [1.29, 1.82) is 0 Å². The fraction of sp³-hybridized carbons (Fsp3) is 0.529. The van der Waals surface area contributed by atoms with E-state index in [4.69, 9.17) is 14.2 Å². The average Bonchev–Trinajstić information content (AvgIpc) is 3.00. The maximum absolute atomic E-state index is 12.6. The summed E-state index contributed by atoms with van der Waals surface area (Å²) in [6.45, 7) is 1.39. The summed E-state index contributed by atoms with van der Waals surface area (Å²) < 4.78 is 16.1. The number of amides is 1. The van der Waals surface area contributed by atoms with Gasteiger partial charge in [-0.3, -0.25) is 0 Å². The minimum Gasteiger partial charge on any atom is -0.466 e. The molecule has 142 valence electrons. The molecule has 2 aliphatic heterocycles. The van der Waals surface area contributed by atoms with E-state index in [0.29, 0.717) is 0 Å². The first-order chi connectivity index (χ1) is 12.4. The summed E-state index contributed by atoms with van der Waals surface area (Å²) in [7, 11) is 1.24.